The second-order valence-corrected chi connectivity index (χ2v) is 6.07. The number of aryl methyl sites for hydroxylation is 2. The minimum atomic E-state index is 0.0517. The van der Waals surface area contributed by atoms with E-state index in [1.54, 1.807) is 7.11 Å². The van der Waals surface area contributed by atoms with Crippen molar-refractivity contribution in [2.24, 2.45) is 5.92 Å². The zero-order valence-corrected chi connectivity index (χ0v) is 13.9. The van der Waals surface area contributed by atoms with Crippen LogP contribution in [0.15, 0.2) is 0 Å². The molecule has 118 valence electrons. The molecule has 1 fully saturated rings. The molecule has 1 heterocycles. The van der Waals surface area contributed by atoms with Crippen LogP contribution in [0.2, 0.25) is 0 Å². The Labute approximate surface area is 128 Å². The van der Waals surface area contributed by atoms with Gasteiger partial charge in [-0.05, 0) is 39.2 Å². The third-order valence-corrected chi connectivity index (χ3v) is 4.58. The Morgan fingerprint density at radius 1 is 1.14 bits per heavy atom. The highest BCUT2D eigenvalue weighted by molar-refractivity contribution is 5.24. The summed E-state index contributed by atoms with van der Waals surface area (Å²) in [5, 5.41) is 3.36. The third-order valence-electron chi connectivity index (χ3n) is 4.58. The van der Waals surface area contributed by atoms with Crippen molar-refractivity contribution in [2.45, 2.75) is 65.5 Å². The van der Waals surface area contributed by atoms with E-state index < -0.39 is 0 Å². The highest BCUT2D eigenvalue weighted by atomic mass is 16.5. The normalized spacial score (nSPS) is 17.9. The smallest absolute Gasteiger partial charge is 0.157 e. The molecule has 1 aliphatic rings. The van der Waals surface area contributed by atoms with Crippen molar-refractivity contribution in [3.63, 3.8) is 0 Å². The molecule has 1 aromatic rings. The second kappa shape index (κ2) is 7.85. The fourth-order valence-corrected chi connectivity index (χ4v) is 3.34. The summed E-state index contributed by atoms with van der Waals surface area (Å²) in [5.41, 5.74) is 3.38. The first kappa shape index (κ1) is 16.4. The minimum absolute atomic E-state index is 0.0517. The van der Waals surface area contributed by atoms with E-state index in [-0.39, 0.29) is 6.10 Å². The molecule has 1 aromatic heterocycles. The predicted octanol–water partition coefficient (Wildman–Crippen LogP) is 3.47. The Morgan fingerprint density at radius 3 is 2.29 bits per heavy atom. The van der Waals surface area contributed by atoms with E-state index in [1.165, 1.54) is 37.7 Å². The molecule has 0 bridgehead atoms. The topological polar surface area (TPSA) is 47.0 Å². The lowest BCUT2D eigenvalue weighted by atomic mass is 9.85. The Hall–Kier alpha value is -1.00. The average molecular weight is 291 g/mol. The summed E-state index contributed by atoms with van der Waals surface area (Å²) in [7, 11) is 1.79. The van der Waals surface area contributed by atoms with Gasteiger partial charge in [-0.2, -0.15) is 0 Å². The molecule has 1 atom stereocenters. The lowest BCUT2D eigenvalue weighted by molar-refractivity contribution is 0.0286. The maximum atomic E-state index is 5.77. The summed E-state index contributed by atoms with van der Waals surface area (Å²) in [4.78, 5) is 9.51. The van der Waals surface area contributed by atoms with Gasteiger partial charge in [0.05, 0.1) is 0 Å². The molecule has 4 heteroatoms. The average Bonchev–Trinajstić information content (AvgIpc) is 2.48. The first-order chi connectivity index (χ1) is 10.2. The number of methoxy groups -OCH3 is 1. The number of hydrogen-bond acceptors (Lipinski definition) is 4. The van der Waals surface area contributed by atoms with Gasteiger partial charge >= 0.3 is 0 Å². The van der Waals surface area contributed by atoms with E-state index in [0.29, 0.717) is 5.92 Å². The summed E-state index contributed by atoms with van der Waals surface area (Å²) in [6, 6.07) is 0. The largest absolute Gasteiger partial charge is 0.373 e. The number of ether oxygens (including phenoxy) is 1. The molecule has 21 heavy (non-hydrogen) atoms. The molecule has 0 saturated heterocycles. The van der Waals surface area contributed by atoms with Gasteiger partial charge in [-0.25, -0.2) is 9.97 Å². The third kappa shape index (κ3) is 4.01. The molecule has 0 amide bonds. The maximum Gasteiger partial charge on any atom is 0.157 e. The fraction of sp³-hybridized carbons (Fsp3) is 0.765. The highest BCUT2D eigenvalue weighted by Crippen LogP contribution is 2.35. The second-order valence-electron chi connectivity index (χ2n) is 6.07. The van der Waals surface area contributed by atoms with E-state index in [0.717, 1.165) is 30.3 Å². The Morgan fingerprint density at radius 2 is 1.76 bits per heavy atom. The molecule has 1 aliphatic carbocycles. The molecule has 0 aliphatic heterocycles. The van der Waals surface area contributed by atoms with Gasteiger partial charge in [0.15, 0.2) is 5.82 Å². The maximum absolute atomic E-state index is 5.77. The summed E-state index contributed by atoms with van der Waals surface area (Å²) in [5.74, 6) is 1.45. The molecule has 0 spiro atoms. The van der Waals surface area contributed by atoms with Crippen LogP contribution in [0.3, 0.4) is 0 Å². The summed E-state index contributed by atoms with van der Waals surface area (Å²) < 4.78 is 5.77. The summed E-state index contributed by atoms with van der Waals surface area (Å²) in [6.45, 7) is 8.08. The molecule has 0 radical (unpaired) electrons. The van der Waals surface area contributed by atoms with Crippen LogP contribution < -0.4 is 5.32 Å². The van der Waals surface area contributed by atoms with Crippen LogP contribution in [0, 0.1) is 19.8 Å². The van der Waals surface area contributed by atoms with Gasteiger partial charge in [-0.3, -0.25) is 0 Å². The first-order valence-corrected chi connectivity index (χ1v) is 8.24. The van der Waals surface area contributed by atoms with Gasteiger partial charge < -0.3 is 10.1 Å². The minimum Gasteiger partial charge on any atom is -0.373 e. The number of aromatic nitrogens is 2. The lowest BCUT2D eigenvalue weighted by Crippen LogP contribution is -2.22. The van der Waals surface area contributed by atoms with E-state index >= 15 is 0 Å². The van der Waals surface area contributed by atoms with Crippen LogP contribution in [0.25, 0.3) is 0 Å². The molecule has 1 saturated carbocycles. The summed E-state index contributed by atoms with van der Waals surface area (Å²) in [6.07, 6.45) is 6.49. The van der Waals surface area contributed by atoms with Crippen LogP contribution in [-0.4, -0.2) is 23.6 Å². The lowest BCUT2D eigenvalue weighted by Gasteiger charge is -2.28. The standard InChI is InChI=1S/C17H29N3O/c1-5-18-11-15-12(2)19-17(20-13(15)3)16(21-4)14-9-7-6-8-10-14/h14,16,18H,5-11H2,1-4H3. The van der Waals surface area contributed by atoms with Crippen LogP contribution >= 0.6 is 0 Å². The van der Waals surface area contributed by atoms with Gasteiger partial charge in [-0.1, -0.05) is 26.2 Å². The highest BCUT2D eigenvalue weighted by Gasteiger charge is 2.27. The number of rotatable bonds is 6. The molecule has 2 rings (SSSR count). The fourth-order valence-electron chi connectivity index (χ4n) is 3.34. The van der Waals surface area contributed by atoms with Crippen LogP contribution in [0.4, 0.5) is 0 Å². The SMILES string of the molecule is CCNCc1c(C)nc(C(OC)C2CCCCC2)nc1C. The van der Waals surface area contributed by atoms with Crippen LogP contribution in [-0.2, 0) is 11.3 Å². The van der Waals surface area contributed by atoms with Gasteiger partial charge in [-0.15, -0.1) is 0 Å². The number of nitrogens with zero attached hydrogens (tertiary/aromatic N) is 2. The molecule has 4 nitrogen and oxygen atoms in total. The monoisotopic (exact) mass is 291 g/mol. The Kier molecular flexibility index (Phi) is 6.12. The Balaban J connectivity index is 2.21. The van der Waals surface area contributed by atoms with E-state index in [4.69, 9.17) is 14.7 Å². The van der Waals surface area contributed by atoms with Gasteiger partial charge in [0.1, 0.15) is 6.10 Å². The van der Waals surface area contributed by atoms with E-state index in [1.807, 2.05) is 0 Å². The van der Waals surface area contributed by atoms with Crippen molar-refractivity contribution in [2.75, 3.05) is 13.7 Å². The first-order valence-electron chi connectivity index (χ1n) is 8.24. The van der Waals surface area contributed by atoms with Gasteiger partial charge in [0, 0.05) is 30.6 Å². The van der Waals surface area contributed by atoms with Crippen molar-refractivity contribution in [3.05, 3.63) is 22.8 Å². The number of hydrogen-bond donors (Lipinski definition) is 1. The van der Waals surface area contributed by atoms with Crippen LogP contribution in [0.1, 0.15) is 67.9 Å². The number of nitrogens with one attached hydrogen (secondary N) is 1. The predicted molar refractivity (Wildman–Crippen MR) is 85.2 cm³/mol. The van der Waals surface area contributed by atoms with Gasteiger partial charge in [0.2, 0.25) is 0 Å². The van der Waals surface area contributed by atoms with Crippen molar-refractivity contribution >= 4 is 0 Å². The van der Waals surface area contributed by atoms with E-state index in [9.17, 15) is 0 Å². The van der Waals surface area contributed by atoms with Crippen molar-refractivity contribution in [3.8, 4) is 0 Å². The zero-order chi connectivity index (χ0) is 15.2. The van der Waals surface area contributed by atoms with Crippen molar-refractivity contribution in [1.29, 1.82) is 0 Å². The Bertz CT molecular complexity index is 432. The van der Waals surface area contributed by atoms with E-state index in [2.05, 4.69) is 26.1 Å². The molecular formula is C17H29N3O. The van der Waals surface area contributed by atoms with Crippen LogP contribution in [0.5, 0.6) is 0 Å². The van der Waals surface area contributed by atoms with Gasteiger partial charge in [0.25, 0.3) is 0 Å². The summed E-state index contributed by atoms with van der Waals surface area (Å²) >= 11 is 0. The quantitative estimate of drug-likeness (QED) is 0.872. The molecule has 0 aromatic carbocycles. The van der Waals surface area contributed by atoms with Crippen molar-refractivity contribution in [1.82, 2.24) is 15.3 Å². The molecular weight excluding hydrogens is 262 g/mol. The zero-order valence-electron chi connectivity index (χ0n) is 13.9. The van der Waals surface area contributed by atoms with Crippen molar-refractivity contribution < 1.29 is 4.74 Å². The molecule has 1 unspecified atom stereocenters. The molecule has 1 N–H and O–H groups in total.